The lowest BCUT2D eigenvalue weighted by atomic mass is 10.0. The molecule has 0 fully saturated rings. The number of hydrogen-bond acceptors (Lipinski definition) is 3. The fraction of sp³-hybridized carbons (Fsp3) is 0.200. The van der Waals surface area contributed by atoms with Crippen LogP contribution in [-0.2, 0) is 0 Å². The van der Waals surface area contributed by atoms with E-state index < -0.39 is 0 Å². The molecule has 0 radical (unpaired) electrons. The molecule has 1 unspecified atom stereocenters. The molecule has 1 aliphatic heterocycles. The molecule has 3 rings (SSSR count). The summed E-state index contributed by atoms with van der Waals surface area (Å²) in [5, 5.41) is 6.54. The maximum atomic E-state index is 12.9. The predicted molar refractivity (Wildman–Crippen MR) is 73.7 cm³/mol. The highest BCUT2D eigenvalue weighted by Crippen LogP contribution is 2.24. The number of nitrogens with zero attached hydrogens (tertiary/aromatic N) is 3. The predicted octanol–water partition coefficient (Wildman–Crippen LogP) is 3.08. The molecule has 96 valence electrons. The molecule has 4 heteroatoms. The van der Waals surface area contributed by atoms with Gasteiger partial charge in [-0.1, -0.05) is 6.92 Å². The molecule has 0 saturated carbocycles. The molecule has 0 bridgehead atoms. The van der Waals surface area contributed by atoms with Crippen molar-refractivity contribution in [3.8, 4) is 0 Å². The maximum Gasteiger partial charge on any atom is 0.123 e. The lowest BCUT2D eigenvalue weighted by Gasteiger charge is -2.14. The van der Waals surface area contributed by atoms with E-state index in [2.05, 4.69) is 17.0 Å². The average Bonchev–Trinajstić information content (AvgIpc) is 2.83. The van der Waals surface area contributed by atoms with Crippen molar-refractivity contribution in [2.45, 2.75) is 6.92 Å². The third-order valence-corrected chi connectivity index (χ3v) is 3.22. The Morgan fingerprint density at radius 2 is 2.00 bits per heavy atom. The van der Waals surface area contributed by atoms with Crippen molar-refractivity contribution in [3.05, 3.63) is 60.2 Å². The molecular formula is C15H14FN3. The first-order valence-electron chi connectivity index (χ1n) is 6.26. The largest absolute Gasteiger partial charge is 0.265 e. The van der Waals surface area contributed by atoms with Crippen molar-refractivity contribution in [2.75, 3.05) is 11.6 Å². The van der Waals surface area contributed by atoms with Crippen molar-refractivity contribution in [2.24, 2.45) is 11.0 Å². The fourth-order valence-corrected chi connectivity index (χ4v) is 2.25. The molecule has 0 N–H and O–H groups in total. The van der Waals surface area contributed by atoms with Crippen molar-refractivity contribution < 1.29 is 4.39 Å². The minimum Gasteiger partial charge on any atom is -0.265 e. The van der Waals surface area contributed by atoms with E-state index in [0.29, 0.717) is 5.92 Å². The fourth-order valence-electron chi connectivity index (χ4n) is 2.25. The Hall–Kier alpha value is -2.23. The SMILES string of the molecule is CC1CN(c2ccc(F)cc2)N=C1c1cccnc1. The molecule has 3 nitrogen and oxygen atoms in total. The molecule has 0 saturated heterocycles. The van der Waals surface area contributed by atoms with Gasteiger partial charge < -0.3 is 0 Å². The van der Waals surface area contributed by atoms with Gasteiger partial charge in [0.05, 0.1) is 11.4 Å². The molecule has 1 atom stereocenters. The van der Waals surface area contributed by atoms with Crippen LogP contribution < -0.4 is 5.01 Å². The zero-order chi connectivity index (χ0) is 13.2. The van der Waals surface area contributed by atoms with Crippen LogP contribution >= 0.6 is 0 Å². The Labute approximate surface area is 111 Å². The zero-order valence-electron chi connectivity index (χ0n) is 10.6. The number of hydrazone groups is 1. The average molecular weight is 255 g/mol. The van der Waals surface area contributed by atoms with Gasteiger partial charge in [0.2, 0.25) is 0 Å². The molecule has 1 aromatic heterocycles. The number of benzene rings is 1. The number of pyridine rings is 1. The van der Waals surface area contributed by atoms with E-state index in [1.165, 1.54) is 12.1 Å². The molecule has 2 aromatic rings. The van der Waals surface area contributed by atoms with Gasteiger partial charge in [0, 0.05) is 30.4 Å². The topological polar surface area (TPSA) is 28.5 Å². The minimum atomic E-state index is -0.229. The Morgan fingerprint density at radius 1 is 1.21 bits per heavy atom. The summed E-state index contributed by atoms with van der Waals surface area (Å²) < 4.78 is 12.9. The van der Waals surface area contributed by atoms with Gasteiger partial charge in [-0.2, -0.15) is 5.10 Å². The lowest BCUT2D eigenvalue weighted by molar-refractivity contribution is 0.627. The number of halogens is 1. The molecule has 19 heavy (non-hydrogen) atoms. The third kappa shape index (κ3) is 2.34. The zero-order valence-corrected chi connectivity index (χ0v) is 10.6. The van der Waals surface area contributed by atoms with Crippen LogP contribution in [0.25, 0.3) is 0 Å². The van der Waals surface area contributed by atoms with Gasteiger partial charge in [-0.15, -0.1) is 0 Å². The van der Waals surface area contributed by atoms with Crippen LogP contribution in [0, 0.1) is 11.7 Å². The van der Waals surface area contributed by atoms with Crippen LogP contribution in [0.15, 0.2) is 53.9 Å². The van der Waals surface area contributed by atoms with Gasteiger partial charge in [0.15, 0.2) is 0 Å². The summed E-state index contributed by atoms with van der Waals surface area (Å²) in [6.45, 7) is 2.94. The smallest absolute Gasteiger partial charge is 0.123 e. The quantitative estimate of drug-likeness (QED) is 0.825. The van der Waals surface area contributed by atoms with E-state index in [9.17, 15) is 4.39 Å². The highest BCUT2D eigenvalue weighted by Gasteiger charge is 2.24. The summed E-state index contributed by atoms with van der Waals surface area (Å²) in [4.78, 5) is 4.12. The standard InChI is InChI=1S/C15H14FN3/c1-11-10-19(14-6-4-13(16)5-7-14)18-15(11)12-3-2-8-17-9-12/h2-9,11H,10H2,1H3. The minimum absolute atomic E-state index is 0.229. The van der Waals surface area contributed by atoms with Crippen LogP contribution in [0.5, 0.6) is 0 Å². The molecule has 1 aromatic carbocycles. The molecular weight excluding hydrogens is 241 g/mol. The van der Waals surface area contributed by atoms with Crippen LogP contribution in [0.3, 0.4) is 0 Å². The first-order valence-corrected chi connectivity index (χ1v) is 6.26. The number of aromatic nitrogens is 1. The van der Waals surface area contributed by atoms with Gasteiger partial charge in [-0.05, 0) is 36.4 Å². The van der Waals surface area contributed by atoms with Gasteiger partial charge in [0.1, 0.15) is 5.82 Å². The first kappa shape index (κ1) is 11.8. The van der Waals surface area contributed by atoms with E-state index in [1.807, 2.05) is 23.3 Å². The Balaban J connectivity index is 1.91. The van der Waals surface area contributed by atoms with E-state index in [0.717, 1.165) is 23.5 Å². The first-order chi connectivity index (χ1) is 9.24. The summed E-state index contributed by atoms with van der Waals surface area (Å²) in [5.41, 5.74) is 2.98. The summed E-state index contributed by atoms with van der Waals surface area (Å²) >= 11 is 0. The highest BCUT2D eigenvalue weighted by molar-refractivity contribution is 6.04. The number of rotatable bonds is 2. The number of anilines is 1. The second kappa shape index (κ2) is 4.80. The molecule has 1 aliphatic rings. The third-order valence-electron chi connectivity index (χ3n) is 3.22. The molecule has 0 aliphatic carbocycles. The van der Waals surface area contributed by atoms with Crippen molar-refractivity contribution in [1.82, 2.24) is 4.98 Å². The van der Waals surface area contributed by atoms with E-state index in [1.54, 1.807) is 18.3 Å². The lowest BCUT2D eigenvalue weighted by Crippen LogP contribution is -2.17. The van der Waals surface area contributed by atoms with Crippen LogP contribution in [0.4, 0.5) is 10.1 Å². The van der Waals surface area contributed by atoms with Crippen molar-refractivity contribution >= 4 is 11.4 Å². The molecule has 2 heterocycles. The van der Waals surface area contributed by atoms with Gasteiger partial charge >= 0.3 is 0 Å². The van der Waals surface area contributed by atoms with Gasteiger partial charge in [-0.25, -0.2) is 4.39 Å². The summed E-state index contributed by atoms with van der Waals surface area (Å²) in [7, 11) is 0. The summed E-state index contributed by atoms with van der Waals surface area (Å²) in [6.07, 6.45) is 3.57. The van der Waals surface area contributed by atoms with E-state index in [-0.39, 0.29) is 5.82 Å². The van der Waals surface area contributed by atoms with Gasteiger partial charge in [-0.3, -0.25) is 9.99 Å². The van der Waals surface area contributed by atoms with Gasteiger partial charge in [0.25, 0.3) is 0 Å². The highest BCUT2D eigenvalue weighted by atomic mass is 19.1. The molecule has 0 amide bonds. The molecule has 0 spiro atoms. The second-order valence-corrected chi connectivity index (χ2v) is 4.69. The van der Waals surface area contributed by atoms with Crippen LogP contribution in [0.1, 0.15) is 12.5 Å². The summed E-state index contributed by atoms with van der Waals surface area (Å²) in [5.74, 6) is 0.0988. The maximum absolute atomic E-state index is 12.9. The second-order valence-electron chi connectivity index (χ2n) is 4.69. The number of hydrogen-bond donors (Lipinski definition) is 0. The normalized spacial score (nSPS) is 18.5. The monoisotopic (exact) mass is 255 g/mol. The van der Waals surface area contributed by atoms with Crippen molar-refractivity contribution in [3.63, 3.8) is 0 Å². The van der Waals surface area contributed by atoms with E-state index in [4.69, 9.17) is 0 Å². The Bertz CT molecular complexity index is 593. The van der Waals surface area contributed by atoms with Crippen molar-refractivity contribution in [1.29, 1.82) is 0 Å². The van der Waals surface area contributed by atoms with Crippen LogP contribution in [-0.4, -0.2) is 17.2 Å². The Kier molecular flexibility index (Phi) is 2.99. The Morgan fingerprint density at radius 3 is 2.68 bits per heavy atom. The van der Waals surface area contributed by atoms with Crippen LogP contribution in [0.2, 0.25) is 0 Å². The van der Waals surface area contributed by atoms with E-state index >= 15 is 0 Å². The summed E-state index contributed by atoms with van der Waals surface area (Å²) in [6, 6.07) is 10.3.